The Morgan fingerprint density at radius 1 is 0.944 bits per heavy atom. The van der Waals surface area contributed by atoms with E-state index in [0.717, 1.165) is 38.5 Å². The molecule has 0 bridgehead atoms. The van der Waals surface area contributed by atoms with E-state index in [-0.39, 0.29) is 0 Å². The van der Waals surface area contributed by atoms with Crippen molar-refractivity contribution in [2.75, 3.05) is 40.6 Å². The first kappa shape index (κ1) is 15.0. The molecule has 0 amide bonds. The van der Waals surface area contributed by atoms with E-state index in [4.69, 9.17) is 14.2 Å². The molecule has 0 saturated carbocycles. The maximum Gasteiger partial charge on any atom is 0.119 e. The molecule has 4 nitrogen and oxygen atoms in total. The Morgan fingerprint density at radius 2 is 1.67 bits per heavy atom. The Morgan fingerprint density at radius 3 is 2.33 bits per heavy atom. The van der Waals surface area contributed by atoms with E-state index in [1.54, 1.807) is 14.2 Å². The van der Waals surface area contributed by atoms with E-state index >= 15 is 0 Å². The van der Waals surface area contributed by atoms with Gasteiger partial charge in [0.1, 0.15) is 5.75 Å². The minimum atomic E-state index is 0.694. The van der Waals surface area contributed by atoms with Crippen molar-refractivity contribution in [3.8, 4) is 5.75 Å². The van der Waals surface area contributed by atoms with Gasteiger partial charge in [-0.15, -0.1) is 0 Å². The summed E-state index contributed by atoms with van der Waals surface area (Å²) >= 11 is 0. The molecular formula is C14H23NO3. The molecule has 18 heavy (non-hydrogen) atoms. The fraction of sp³-hybridized carbons (Fsp3) is 0.571. The van der Waals surface area contributed by atoms with Crippen LogP contribution in [0, 0.1) is 0 Å². The van der Waals surface area contributed by atoms with Gasteiger partial charge in [0.05, 0.1) is 13.2 Å². The third-order valence-electron chi connectivity index (χ3n) is 2.50. The van der Waals surface area contributed by atoms with E-state index < -0.39 is 0 Å². The summed E-state index contributed by atoms with van der Waals surface area (Å²) in [5.41, 5.74) is 1.25. The number of nitrogens with one attached hydrogen (secondary N) is 1. The summed E-state index contributed by atoms with van der Waals surface area (Å²) in [4.78, 5) is 0. The van der Waals surface area contributed by atoms with Crippen LogP contribution in [0.1, 0.15) is 12.0 Å². The number of methoxy groups -OCH3 is 2. The molecule has 0 spiro atoms. The summed E-state index contributed by atoms with van der Waals surface area (Å²) in [7, 11) is 3.41. The third kappa shape index (κ3) is 6.59. The lowest BCUT2D eigenvalue weighted by Crippen LogP contribution is -2.18. The maximum atomic E-state index is 5.59. The number of hydrogen-bond donors (Lipinski definition) is 1. The topological polar surface area (TPSA) is 39.7 Å². The summed E-state index contributed by atoms with van der Waals surface area (Å²) in [6.07, 6.45) is 0.914. The summed E-state index contributed by atoms with van der Waals surface area (Å²) in [5, 5.41) is 3.30. The Hall–Kier alpha value is -1.10. The molecule has 1 rings (SSSR count). The summed E-state index contributed by atoms with van der Waals surface area (Å²) in [6, 6.07) is 8.15. The first-order valence-corrected chi connectivity index (χ1v) is 6.27. The molecule has 0 saturated heterocycles. The van der Waals surface area contributed by atoms with Crippen LogP contribution in [0.4, 0.5) is 0 Å². The van der Waals surface area contributed by atoms with Gasteiger partial charge < -0.3 is 19.5 Å². The van der Waals surface area contributed by atoms with E-state index in [1.807, 2.05) is 12.1 Å². The number of rotatable bonds is 10. The lowest BCUT2D eigenvalue weighted by molar-refractivity contribution is 0.172. The standard InChI is InChI=1S/C14H23NO3/c1-16-9-3-10-18-14-6-4-13(5-7-14)12-15-8-11-17-2/h4-7,15H,3,8-12H2,1-2H3. The largest absolute Gasteiger partial charge is 0.494 e. The predicted octanol–water partition coefficient (Wildman–Crippen LogP) is 1.84. The highest BCUT2D eigenvalue weighted by Gasteiger charge is 1.96. The number of ether oxygens (including phenoxy) is 3. The minimum absolute atomic E-state index is 0.694. The van der Waals surface area contributed by atoms with Gasteiger partial charge in [0.25, 0.3) is 0 Å². The highest BCUT2D eigenvalue weighted by Crippen LogP contribution is 2.12. The van der Waals surface area contributed by atoms with Crippen molar-refractivity contribution in [3.63, 3.8) is 0 Å². The van der Waals surface area contributed by atoms with Gasteiger partial charge in [-0.25, -0.2) is 0 Å². The van der Waals surface area contributed by atoms with Crippen molar-refractivity contribution in [2.24, 2.45) is 0 Å². The second kappa shape index (κ2) is 9.88. The molecular weight excluding hydrogens is 230 g/mol. The van der Waals surface area contributed by atoms with Crippen LogP contribution in [-0.2, 0) is 16.0 Å². The minimum Gasteiger partial charge on any atom is -0.494 e. The van der Waals surface area contributed by atoms with Crippen molar-refractivity contribution in [1.29, 1.82) is 0 Å². The highest BCUT2D eigenvalue weighted by molar-refractivity contribution is 5.27. The Bertz CT molecular complexity index is 269. The molecule has 1 aromatic carbocycles. The lowest BCUT2D eigenvalue weighted by Gasteiger charge is -2.07. The van der Waals surface area contributed by atoms with Gasteiger partial charge in [-0.2, -0.15) is 0 Å². The SMILES string of the molecule is COCCCOc1ccc(CNCCOC)cc1. The second-order valence-electron chi connectivity index (χ2n) is 4.01. The van der Waals surface area contributed by atoms with Gasteiger partial charge in [0, 0.05) is 40.3 Å². The smallest absolute Gasteiger partial charge is 0.119 e. The van der Waals surface area contributed by atoms with E-state index in [2.05, 4.69) is 17.4 Å². The van der Waals surface area contributed by atoms with E-state index in [1.165, 1.54) is 5.56 Å². The second-order valence-corrected chi connectivity index (χ2v) is 4.01. The van der Waals surface area contributed by atoms with Crippen LogP contribution in [0.2, 0.25) is 0 Å². The Balaban J connectivity index is 2.20. The molecule has 0 heterocycles. The molecule has 0 aromatic heterocycles. The van der Waals surface area contributed by atoms with E-state index in [0.29, 0.717) is 6.61 Å². The van der Waals surface area contributed by atoms with Crippen LogP contribution in [0.5, 0.6) is 5.75 Å². The zero-order chi connectivity index (χ0) is 13.1. The lowest BCUT2D eigenvalue weighted by atomic mass is 10.2. The molecule has 0 radical (unpaired) electrons. The molecule has 1 aromatic rings. The fourth-order valence-corrected chi connectivity index (χ4v) is 1.50. The van der Waals surface area contributed by atoms with Crippen LogP contribution in [-0.4, -0.2) is 40.6 Å². The van der Waals surface area contributed by atoms with Gasteiger partial charge >= 0.3 is 0 Å². The van der Waals surface area contributed by atoms with Crippen molar-refractivity contribution in [2.45, 2.75) is 13.0 Å². The fourth-order valence-electron chi connectivity index (χ4n) is 1.50. The first-order chi connectivity index (χ1) is 8.86. The average molecular weight is 253 g/mol. The molecule has 0 aliphatic heterocycles. The monoisotopic (exact) mass is 253 g/mol. The van der Waals surface area contributed by atoms with Gasteiger partial charge in [-0.05, 0) is 17.7 Å². The van der Waals surface area contributed by atoms with Crippen molar-refractivity contribution < 1.29 is 14.2 Å². The molecule has 1 N–H and O–H groups in total. The van der Waals surface area contributed by atoms with Crippen LogP contribution in [0.3, 0.4) is 0 Å². The quantitative estimate of drug-likeness (QED) is 0.646. The van der Waals surface area contributed by atoms with Crippen LogP contribution < -0.4 is 10.1 Å². The van der Waals surface area contributed by atoms with Crippen molar-refractivity contribution in [3.05, 3.63) is 29.8 Å². The third-order valence-corrected chi connectivity index (χ3v) is 2.50. The molecule has 0 aliphatic carbocycles. The number of hydrogen-bond acceptors (Lipinski definition) is 4. The van der Waals surface area contributed by atoms with Gasteiger partial charge in [0.2, 0.25) is 0 Å². The normalized spacial score (nSPS) is 10.6. The molecule has 0 fully saturated rings. The van der Waals surface area contributed by atoms with Gasteiger partial charge in [0.15, 0.2) is 0 Å². The highest BCUT2D eigenvalue weighted by atomic mass is 16.5. The molecule has 0 unspecified atom stereocenters. The Labute approximate surface area is 109 Å². The van der Waals surface area contributed by atoms with Gasteiger partial charge in [-0.3, -0.25) is 0 Å². The maximum absolute atomic E-state index is 5.59. The van der Waals surface area contributed by atoms with Crippen molar-refractivity contribution in [1.82, 2.24) is 5.32 Å². The van der Waals surface area contributed by atoms with Crippen LogP contribution in [0.25, 0.3) is 0 Å². The number of benzene rings is 1. The van der Waals surface area contributed by atoms with Crippen LogP contribution in [0.15, 0.2) is 24.3 Å². The van der Waals surface area contributed by atoms with Gasteiger partial charge in [-0.1, -0.05) is 12.1 Å². The molecule has 102 valence electrons. The zero-order valence-corrected chi connectivity index (χ0v) is 11.3. The molecule has 4 heteroatoms. The van der Waals surface area contributed by atoms with Crippen molar-refractivity contribution >= 4 is 0 Å². The summed E-state index contributed by atoms with van der Waals surface area (Å²) in [6.45, 7) is 3.89. The predicted molar refractivity (Wildman–Crippen MR) is 72.0 cm³/mol. The molecule has 0 atom stereocenters. The zero-order valence-electron chi connectivity index (χ0n) is 11.3. The average Bonchev–Trinajstić information content (AvgIpc) is 2.41. The first-order valence-electron chi connectivity index (χ1n) is 6.27. The summed E-state index contributed by atoms with van der Waals surface area (Å²) in [5.74, 6) is 0.909. The summed E-state index contributed by atoms with van der Waals surface area (Å²) < 4.78 is 15.5. The van der Waals surface area contributed by atoms with Crippen LogP contribution >= 0.6 is 0 Å². The Kier molecular flexibility index (Phi) is 8.21. The van der Waals surface area contributed by atoms with E-state index in [9.17, 15) is 0 Å². The molecule has 0 aliphatic rings.